The minimum atomic E-state index is -0.531. The Morgan fingerprint density at radius 3 is 1.37 bits per heavy atom. The van der Waals surface area contributed by atoms with Gasteiger partial charge in [-0.3, -0.25) is 0 Å². The summed E-state index contributed by atoms with van der Waals surface area (Å²) in [7, 11) is 0. The molecule has 0 fully saturated rings. The third-order valence-corrected chi connectivity index (χ3v) is 13.5. The van der Waals surface area contributed by atoms with Crippen molar-refractivity contribution < 1.29 is 0 Å². The summed E-state index contributed by atoms with van der Waals surface area (Å²) in [5.74, 6) is 0. The van der Waals surface area contributed by atoms with Crippen molar-refractivity contribution in [2.24, 2.45) is 0 Å². The molecular weight excluding hydrogens is 711 g/mol. The number of hydrogen-bond acceptors (Lipinski definition) is 1. The monoisotopic (exact) mass is 751 g/mol. The molecule has 0 aromatic heterocycles. The number of hydrogen-bond donors (Lipinski definition) is 0. The summed E-state index contributed by atoms with van der Waals surface area (Å²) in [6.07, 6.45) is 0. The first-order valence-electron chi connectivity index (χ1n) is 20.8. The minimum Gasteiger partial charge on any atom is -0.309 e. The highest BCUT2D eigenvalue weighted by molar-refractivity contribution is 6.09. The summed E-state index contributed by atoms with van der Waals surface area (Å²) in [6.45, 7) is 4.85. The van der Waals surface area contributed by atoms with Gasteiger partial charge >= 0.3 is 0 Å². The Labute approximate surface area is 346 Å². The topological polar surface area (TPSA) is 3.24 Å². The number of rotatable bonds is 5. The normalized spacial score (nSPS) is 14.2. The molecule has 278 valence electrons. The molecule has 12 rings (SSSR count). The van der Waals surface area contributed by atoms with Gasteiger partial charge < -0.3 is 4.90 Å². The molecule has 0 saturated carbocycles. The van der Waals surface area contributed by atoms with Crippen LogP contribution < -0.4 is 4.90 Å². The molecule has 1 nitrogen and oxygen atoms in total. The molecule has 0 unspecified atom stereocenters. The fraction of sp³-hybridized carbons (Fsp3) is 0.0690. The van der Waals surface area contributed by atoms with E-state index < -0.39 is 5.41 Å². The van der Waals surface area contributed by atoms with Gasteiger partial charge in [0, 0.05) is 27.9 Å². The Balaban J connectivity index is 1.25. The van der Waals surface area contributed by atoms with Crippen molar-refractivity contribution in [2.75, 3.05) is 4.90 Å². The minimum absolute atomic E-state index is 0.238. The summed E-state index contributed by atoms with van der Waals surface area (Å²) in [5.41, 5.74) is 23.6. The van der Waals surface area contributed by atoms with Crippen molar-refractivity contribution >= 4 is 17.1 Å². The van der Waals surface area contributed by atoms with Gasteiger partial charge in [0.2, 0.25) is 0 Å². The fourth-order valence-corrected chi connectivity index (χ4v) is 10.9. The quantitative estimate of drug-likeness (QED) is 0.169. The summed E-state index contributed by atoms with van der Waals surface area (Å²) in [4.78, 5) is 2.56. The number of fused-ring (bicyclic) bond motifs is 13. The third-order valence-electron chi connectivity index (χ3n) is 13.5. The van der Waals surface area contributed by atoms with Crippen LogP contribution in [0.1, 0.15) is 47.2 Å². The maximum absolute atomic E-state index is 2.62. The average Bonchev–Trinajstić information content (AvgIpc) is 3.86. The largest absolute Gasteiger partial charge is 0.309 e. The van der Waals surface area contributed by atoms with E-state index in [-0.39, 0.29) is 5.41 Å². The predicted molar refractivity (Wildman–Crippen MR) is 246 cm³/mol. The number of benzene rings is 9. The second kappa shape index (κ2) is 12.6. The molecule has 1 heteroatoms. The first kappa shape index (κ1) is 33.9. The van der Waals surface area contributed by atoms with E-state index in [9.17, 15) is 0 Å². The average molecular weight is 752 g/mol. The number of anilines is 3. The van der Waals surface area contributed by atoms with Gasteiger partial charge in [-0.25, -0.2) is 0 Å². The van der Waals surface area contributed by atoms with E-state index in [2.05, 4.69) is 231 Å². The fourth-order valence-electron chi connectivity index (χ4n) is 10.9. The van der Waals surface area contributed by atoms with Gasteiger partial charge in [-0.1, -0.05) is 196 Å². The lowest BCUT2D eigenvalue weighted by molar-refractivity contribution is 0.657. The zero-order valence-electron chi connectivity index (χ0n) is 33.2. The van der Waals surface area contributed by atoms with Gasteiger partial charge in [-0.05, 0) is 108 Å². The Hall–Kier alpha value is -7.22. The van der Waals surface area contributed by atoms with Crippen LogP contribution in [-0.4, -0.2) is 0 Å². The van der Waals surface area contributed by atoms with Crippen LogP contribution >= 0.6 is 0 Å². The van der Waals surface area contributed by atoms with Crippen LogP contribution in [-0.2, 0) is 10.8 Å². The first-order chi connectivity index (χ1) is 29.0. The summed E-state index contributed by atoms with van der Waals surface area (Å²) in [5, 5.41) is 0. The van der Waals surface area contributed by atoms with Gasteiger partial charge in [0.25, 0.3) is 0 Å². The molecule has 0 radical (unpaired) electrons. The standard InChI is InChI=1S/C58H41N/c1-57(2)48-27-15-14-26-46(48)54-52(57)37-53-55(56(54)59(42-22-10-5-11-23-42)43-33-30-40(31-34-43)38-18-6-3-7-19-38)47-35-32-41(39-20-8-4-9-21-39)36-51(47)58(53)49-28-16-12-24-44(49)45-25-13-17-29-50(45)58/h3-37H,1-2H3. The van der Waals surface area contributed by atoms with E-state index in [0.717, 1.165) is 11.4 Å². The summed E-state index contributed by atoms with van der Waals surface area (Å²) in [6, 6.07) is 79.2. The molecule has 0 heterocycles. The highest BCUT2D eigenvalue weighted by Crippen LogP contribution is 2.68. The van der Waals surface area contributed by atoms with Gasteiger partial charge in [-0.15, -0.1) is 0 Å². The molecule has 0 amide bonds. The Bertz CT molecular complexity index is 3060. The molecule has 0 N–H and O–H groups in total. The van der Waals surface area contributed by atoms with E-state index in [1.54, 1.807) is 0 Å². The highest BCUT2D eigenvalue weighted by atomic mass is 15.1. The highest BCUT2D eigenvalue weighted by Gasteiger charge is 2.54. The molecule has 0 aliphatic heterocycles. The maximum Gasteiger partial charge on any atom is 0.0726 e. The lowest BCUT2D eigenvalue weighted by Gasteiger charge is -2.34. The molecule has 0 atom stereocenters. The SMILES string of the molecule is CC1(C)c2ccccc2-c2c1cc1c(c2N(c2ccccc2)c2ccc(-c3ccccc3)cc2)-c2ccc(-c3ccccc3)cc2C12c1ccccc1-c1ccccc12. The molecule has 3 aliphatic rings. The summed E-state index contributed by atoms with van der Waals surface area (Å²) < 4.78 is 0. The van der Waals surface area contributed by atoms with Crippen molar-refractivity contribution in [1.82, 2.24) is 0 Å². The van der Waals surface area contributed by atoms with Crippen LogP contribution in [0.15, 0.2) is 212 Å². The van der Waals surface area contributed by atoms with Gasteiger partial charge in [-0.2, -0.15) is 0 Å². The third kappa shape index (κ3) is 4.67. The second-order valence-electron chi connectivity index (χ2n) is 16.8. The number of para-hydroxylation sites is 1. The van der Waals surface area contributed by atoms with Crippen LogP contribution in [0.2, 0.25) is 0 Å². The maximum atomic E-state index is 2.62. The van der Waals surface area contributed by atoms with E-state index in [1.807, 2.05) is 0 Å². The van der Waals surface area contributed by atoms with Crippen LogP contribution in [0.3, 0.4) is 0 Å². The van der Waals surface area contributed by atoms with Gasteiger partial charge in [0.1, 0.15) is 0 Å². The van der Waals surface area contributed by atoms with E-state index >= 15 is 0 Å². The zero-order valence-corrected chi connectivity index (χ0v) is 33.2. The molecule has 0 bridgehead atoms. The van der Waals surface area contributed by atoms with Gasteiger partial charge in [0.05, 0.1) is 11.1 Å². The lowest BCUT2D eigenvalue weighted by atomic mass is 9.69. The smallest absolute Gasteiger partial charge is 0.0726 e. The molecular formula is C58H41N. The molecule has 3 aliphatic carbocycles. The lowest BCUT2D eigenvalue weighted by Crippen LogP contribution is -2.27. The molecule has 1 spiro atoms. The van der Waals surface area contributed by atoms with Crippen molar-refractivity contribution in [1.29, 1.82) is 0 Å². The van der Waals surface area contributed by atoms with Crippen molar-refractivity contribution in [3.8, 4) is 55.6 Å². The van der Waals surface area contributed by atoms with Crippen molar-refractivity contribution in [3.05, 3.63) is 246 Å². The van der Waals surface area contributed by atoms with E-state index in [0.29, 0.717) is 0 Å². The first-order valence-corrected chi connectivity index (χ1v) is 20.8. The molecule has 0 saturated heterocycles. The molecule has 9 aromatic carbocycles. The second-order valence-corrected chi connectivity index (χ2v) is 16.8. The molecule has 59 heavy (non-hydrogen) atoms. The molecule has 9 aromatic rings. The van der Waals surface area contributed by atoms with Crippen LogP contribution in [0.5, 0.6) is 0 Å². The van der Waals surface area contributed by atoms with E-state index in [4.69, 9.17) is 0 Å². The van der Waals surface area contributed by atoms with Gasteiger partial charge in [0.15, 0.2) is 0 Å². The van der Waals surface area contributed by atoms with Crippen LogP contribution in [0.4, 0.5) is 17.1 Å². The van der Waals surface area contributed by atoms with Crippen molar-refractivity contribution in [3.63, 3.8) is 0 Å². The Morgan fingerprint density at radius 1 is 0.305 bits per heavy atom. The Kier molecular flexibility index (Phi) is 7.26. The van der Waals surface area contributed by atoms with Crippen LogP contribution in [0, 0.1) is 0 Å². The summed E-state index contributed by atoms with van der Waals surface area (Å²) >= 11 is 0. The zero-order chi connectivity index (χ0) is 39.3. The van der Waals surface area contributed by atoms with Crippen LogP contribution in [0.25, 0.3) is 55.6 Å². The predicted octanol–water partition coefficient (Wildman–Crippen LogP) is 15.1. The number of nitrogens with zero attached hydrogens (tertiary/aromatic N) is 1. The Morgan fingerprint density at radius 2 is 0.746 bits per heavy atom. The van der Waals surface area contributed by atoms with Crippen molar-refractivity contribution in [2.45, 2.75) is 24.7 Å². The van der Waals surface area contributed by atoms with E-state index in [1.165, 1.54) is 94.7 Å².